The summed E-state index contributed by atoms with van der Waals surface area (Å²) in [6, 6.07) is 8.18. The van der Waals surface area contributed by atoms with E-state index in [0.717, 1.165) is 119 Å². The molecule has 9 heteroatoms. The molecule has 222 valence electrons. The highest BCUT2D eigenvalue weighted by Crippen LogP contribution is 2.58. The summed E-state index contributed by atoms with van der Waals surface area (Å²) in [5.74, 6) is 5.00. The Labute approximate surface area is 247 Å². The van der Waals surface area contributed by atoms with E-state index < -0.39 is 0 Å². The van der Waals surface area contributed by atoms with Crippen molar-refractivity contribution in [2.45, 2.75) is 101 Å². The molecule has 5 saturated carbocycles. The van der Waals surface area contributed by atoms with E-state index in [1.165, 1.54) is 12.8 Å². The molecule has 9 nitrogen and oxygen atoms in total. The van der Waals surface area contributed by atoms with Crippen molar-refractivity contribution in [1.82, 2.24) is 25.2 Å². The molecule has 0 atom stereocenters. The molecule has 0 N–H and O–H groups in total. The second-order valence-corrected chi connectivity index (χ2v) is 14.2. The number of aromatic nitrogens is 4. The summed E-state index contributed by atoms with van der Waals surface area (Å²) in [4.78, 5) is 28.1. The van der Waals surface area contributed by atoms with Gasteiger partial charge in [0.05, 0.1) is 6.54 Å². The van der Waals surface area contributed by atoms with Gasteiger partial charge in [-0.1, -0.05) is 23.3 Å². The summed E-state index contributed by atoms with van der Waals surface area (Å²) in [7, 11) is 0. The van der Waals surface area contributed by atoms with Crippen molar-refractivity contribution in [3.8, 4) is 11.5 Å². The number of benzene rings is 1. The SMILES string of the molecule is CC1CCN(CC(=O)N(CC23CCC(c4nc(C5CC5)no4)(CC2)CC3)c2cccc(-c3nc(C4CC4)no3)c2)CC1. The fourth-order valence-corrected chi connectivity index (χ4v) is 7.60. The molecule has 1 aliphatic heterocycles. The van der Waals surface area contributed by atoms with Crippen molar-refractivity contribution >= 4 is 11.6 Å². The molecule has 3 heterocycles. The Morgan fingerprint density at radius 1 is 0.905 bits per heavy atom. The first kappa shape index (κ1) is 26.5. The van der Waals surface area contributed by atoms with Gasteiger partial charge in [-0.15, -0.1) is 0 Å². The van der Waals surface area contributed by atoms with Crippen LogP contribution in [0, 0.1) is 11.3 Å². The normalized spacial score (nSPS) is 28.3. The van der Waals surface area contributed by atoms with Crippen molar-refractivity contribution < 1.29 is 13.8 Å². The third kappa shape index (κ3) is 5.07. The Bertz CT molecular complexity index is 1420. The van der Waals surface area contributed by atoms with Crippen LogP contribution in [0.25, 0.3) is 11.5 Å². The van der Waals surface area contributed by atoms with E-state index in [1.54, 1.807) is 0 Å². The van der Waals surface area contributed by atoms with Gasteiger partial charge in [0, 0.05) is 35.0 Å². The largest absolute Gasteiger partial charge is 0.339 e. The standard InChI is InChI=1S/C33H42N6O3/c1-22-9-17-38(18-10-22)20-27(40)39(26-4-2-3-25(19-26)30-34-28(36-41-30)23-5-6-23)21-32-11-14-33(15-12-32,16-13-32)31-35-29(37-42-31)24-7-8-24/h2-4,19,22-24H,5-18,20-21H2,1H3. The van der Waals surface area contributed by atoms with Crippen molar-refractivity contribution in [3.63, 3.8) is 0 Å². The third-order valence-corrected chi connectivity index (χ3v) is 11.1. The number of anilines is 1. The maximum Gasteiger partial charge on any atom is 0.258 e. The average Bonchev–Trinajstić information content (AvgIpc) is 3.96. The number of piperidine rings is 1. The molecular weight excluding hydrogens is 528 g/mol. The van der Waals surface area contributed by atoms with E-state index in [-0.39, 0.29) is 16.7 Å². The molecule has 9 rings (SSSR count). The van der Waals surface area contributed by atoms with Gasteiger partial charge in [0.15, 0.2) is 11.6 Å². The van der Waals surface area contributed by atoms with Crippen LogP contribution in [0.1, 0.15) is 113 Å². The Morgan fingerprint density at radius 3 is 2.26 bits per heavy atom. The van der Waals surface area contributed by atoms with Crippen molar-refractivity contribution in [3.05, 3.63) is 41.8 Å². The Morgan fingerprint density at radius 2 is 1.57 bits per heavy atom. The maximum absolute atomic E-state index is 14.1. The van der Waals surface area contributed by atoms with E-state index in [1.807, 2.05) is 12.1 Å². The minimum atomic E-state index is 0.0123. The molecule has 6 aliphatic rings. The number of hydrogen-bond donors (Lipinski definition) is 0. The van der Waals surface area contributed by atoms with Gasteiger partial charge in [0.25, 0.3) is 5.89 Å². The molecule has 1 saturated heterocycles. The molecule has 0 unspecified atom stereocenters. The van der Waals surface area contributed by atoms with E-state index in [9.17, 15) is 4.79 Å². The first-order valence-corrected chi connectivity index (χ1v) is 16.3. The topological polar surface area (TPSA) is 101 Å². The summed E-state index contributed by atoms with van der Waals surface area (Å²) >= 11 is 0. The van der Waals surface area contributed by atoms with Gasteiger partial charge in [0.1, 0.15) is 0 Å². The molecule has 0 radical (unpaired) electrons. The Kier molecular flexibility index (Phi) is 6.50. The zero-order valence-corrected chi connectivity index (χ0v) is 24.8. The lowest BCUT2D eigenvalue weighted by molar-refractivity contribution is -0.120. The lowest BCUT2D eigenvalue weighted by Gasteiger charge is -2.53. The summed E-state index contributed by atoms with van der Waals surface area (Å²) in [5, 5.41) is 8.57. The zero-order chi connectivity index (χ0) is 28.3. The molecule has 3 aromatic rings. The van der Waals surface area contributed by atoms with Gasteiger partial charge < -0.3 is 13.9 Å². The lowest BCUT2D eigenvalue weighted by atomic mass is 9.53. The number of likely N-dealkylation sites (tertiary alicyclic amines) is 1. The molecule has 42 heavy (non-hydrogen) atoms. The smallest absolute Gasteiger partial charge is 0.258 e. The highest BCUT2D eigenvalue weighted by Gasteiger charge is 2.53. The van der Waals surface area contributed by atoms with Crippen LogP contribution in [0.2, 0.25) is 0 Å². The Hall–Kier alpha value is -3.07. The number of hydrogen-bond acceptors (Lipinski definition) is 8. The van der Waals surface area contributed by atoms with Crippen molar-refractivity contribution in [1.29, 1.82) is 0 Å². The average molecular weight is 571 g/mol. The predicted octanol–water partition coefficient (Wildman–Crippen LogP) is 6.23. The minimum Gasteiger partial charge on any atom is -0.339 e. The number of nitrogens with zero attached hydrogens (tertiary/aromatic N) is 6. The van der Waals surface area contributed by atoms with Gasteiger partial charge >= 0.3 is 0 Å². The number of fused-ring (bicyclic) bond motifs is 3. The highest BCUT2D eigenvalue weighted by atomic mass is 16.5. The summed E-state index contributed by atoms with van der Waals surface area (Å²) in [6.45, 7) is 5.51. The molecular formula is C33H42N6O3. The number of carbonyl (C=O) groups is 1. The molecule has 1 amide bonds. The van der Waals surface area contributed by atoms with Gasteiger partial charge in [-0.05, 0) is 120 Å². The predicted molar refractivity (Wildman–Crippen MR) is 157 cm³/mol. The first-order chi connectivity index (χ1) is 20.5. The summed E-state index contributed by atoms with van der Waals surface area (Å²) in [6.07, 6.45) is 13.3. The monoisotopic (exact) mass is 570 g/mol. The minimum absolute atomic E-state index is 0.0123. The fourth-order valence-electron chi connectivity index (χ4n) is 7.60. The van der Waals surface area contributed by atoms with Gasteiger partial charge in [-0.3, -0.25) is 9.69 Å². The van der Waals surface area contributed by atoms with Crippen molar-refractivity contribution in [2.24, 2.45) is 11.3 Å². The van der Waals surface area contributed by atoms with E-state index in [4.69, 9.17) is 14.0 Å². The van der Waals surface area contributed by atoms with Crippen LogP contribution in [0.3, 0.4) is 0 Å². The van der Waals surface area contributed by atoms with Crippen LogP contribution >= 0.6 is 0 Å². The van der Waals surface area contributed by atoms with Crippen LogP contribution in [-0.4, -0.2) is 57.3 Å². The first-order valence-electron chi connectivity index (χ1n) is 16.3. The lowest BCUT2D eigenvalue weighted by Crippen LogP contribution is -2.52. The van der Waals surface area contributed by atoms with Crippen LogP contribution in [0.5, 0.6) is 0 Å². The second kappa shape index (κ2) is 10.3. The van der Waals surface area contributed by atoms with Crippen LogP contribution in [0.15, 0.2) is 33.3 Å². The maximum atomic E-state index is 14.1. The second-order valence-electron chi connectivity index (χ2n) is 14.2. The third-order valence-electron chi connectivity index (χ3n) is 11.1. The quantitative estimate of drug-likeness (QED) is 0.298. The van der Waals surface area contributed by atoms with E-state index >= 15 is 0 Å². The van der Waals surface area contributed by atoms with E-state index in [2.05, 4.69) is 44.2 Å². The number of carbonyl (C=O) groups excluding carboxylic acids is 1. The summed E-state index contributed by atoms with van der Waals surface area (Å²) < 4.78 is 11.5. The van der Waals surface area contributed by atoms with Crippen LogP contribution < -0.4 is 4.90 Å². The van der Waals surface area contributed by atoms with E-state index in [0.29, 0.717) is 24.3 Å². The van der Waals surface area contributed by atoms with Crippen molar-refractivity contribution in [2.75, 3.05) is 31.1 Å². The fraction of sp³-hybridized carbons (Fsp3) is 0.667. The number of rotatable bonds is 9. The van der Waals surface area contributed by atoms with Gasteiger partial charge in [-0.2, -0.15) is 9.97 Å². The molecule has 5 aliphatic carbocycles. The zero-order valence-electron chi connectivity index (χ0n) is 24.8. The molecule has 2 bridgehead atoms. The highest BCUT2D eigenvalue weighted by molar-refractivity contribution is 5.95. The number of amides is 1. The van der Waals surface area contributed by atoms with Crippen LogP contribution in [0.4, 0.5) is 5.69 Å². The summed E-state index contributed by atoms with van der Waals surface area (Å²) in [5.41, 5.74) is 1.92. The van der Waals surface area contributed by atoms with Gasteiger partial charge in [0.2, 0.25) is 11.8 Å². The Balaban J connectivity index is 1.04. The van der Waals surface area contributed by atoms with Gasteiger partial charge in [-0.25, -0.2) is 0 Å². The molecule has 2 aromatic heterocycles. The molecule has 1 aromatic carbocycles. The van der Waals surface area contributed by atoms with Crippen LogP contribution in [-0.2, 0) is 10.2 Å². The molecule has 6 fully saturated rings. The molecule has 0 spiro atoms.